The van der Waals surface area contributed by atoms with Crippen LogP contribution in [0.25, 0.3) is 88.9 Å². The highest BCUT2D eigenvalue weighted by molar-refractivity contribution is 6.48. The van der Waals surface area contributed by atoms with Gasteiger partial charge in [-0.3, -0.25) is 19.6 Å². The monoisotopic (exact) mass is 1790 g/mol. The van der Waals surface area contributed by atoms with Crippen LogP contribution < -0.4 is 9.80 Å². The predicted octanol–water partition coefficient (Wildman–Crippen LogP) is 21.8. The number of nitrogens with zero attached hydrogens (tertiary/aromatic N) is 27. The predicted molar refractivity (Wildman–Crippen MR) is 533 cm³/mol. The number of aryl methyl sites for hydroxylation is 3. The van der Waals surface area contributed by atoms with Gasteiger partial charge in [-0.05, 0) is 168 Å². The molecule has 0 saturated carbocycles. The van der Waals surface area contributed by atoms with Gasteiger partial charge in [0, 0.05) is 64.3 Å². The van der Waals surface area contributed by atoms with Crippen molar-refractivity contribution in [3.05, 3.63) is 388 Å². The van der Waals surface area contributed by atoms with Crippen molar-refractivity contribution in [2.75, 3.05) is 22.9 Å². The van der Waals surface area contributed by atoms with Crippen LogP contribution >= 0.6 is 0 Å². The summed E-state index contributed by atoms with van der Waals surface area (Å²) >= 11 is 0. The smallest absolute Gasteiger partial charge is 0.292 e. The number of hydrogen-bond donors (Lipinski definition) is 0. The third-order valence-electron chi connectivity index (χ3n) is 22.7. The molecule has 16 aromatic rings. The minimum Gasteiger partial charge on any atom is -0.372 e. The molecule has 0 radical (unpaired) electrons. The van der Waals surface area contributed by atoms with Gasteiger partial charge in [0.1, 0.15) is 34.2 Å². The van der Waals surface area contributed by atoms with Gasteiger partial charge in [-0.15, -0.1) is 25.2 Å². The Hall–Kier alpha value is -18.9. The second-order valence-corrected chi connectivity index (χ2v) is 32.9. The number of pyridine rings is 1. The highest BCUT2D eigenvalue weighted by Crippen LogP contribution is 2.40. The van der Waals surface area contributed by atoms with E-state index in [2.05, 4.69) is 207 Å². The van der Waals surface area contributed by atoms with E-state index in [1.54, 1.807) is 42.2 Å². The fourth-order valence-corrected chi connectivity index (χ4v) is 15.6. The first-order valence-corrected chi connectivity index (χ1v) is 43.9. The van der Waals surface area contributed by atoms with E-state index in [4.69, 9.17) is 28.1 Å². The number of fused-ring (bicyclic) bond motifs is 5. The maximum atomic E-state index is 12.7. The second-order valence-electron chi connectivity index (χ2n) is 32.9. The van der Waals surface area contributed by atoms with Gasteiger partial charge in [0.15, 0.2) is 46.6 Å². The van der Waals surface area contributed by atoms with Crippen LogP contribution in [0.1, 0.15) is 115 Å². The Morgan fingerprint density at radius 2 is 0.883 bits per heavy atom. The largest absolute Gasteiger partial charge is 0.372 e. The summed E-state index contributed by atoms with van der Waals surface area (Å²) in [5.74, 6) is 3.72. The average Bonchev–Trinajstić information content (AvgIpc) is 1.60. The zero-order chi connectivity index (χ0) is 95.5. The van der Waals surface area contributed by atoms with Crippen molar-refractivity contribution in [3.8, 4) is 75.1 Å². The fraction of sp³-hybridized carbons (Fsp3) is 0.130. The van der Waals surface area contributed by atoms with Crippen molar-refractivity contribution in [1.29, 1.82) is 15.8 Å². The van der Waals surface area contributed by atoms with E-state index in [1.165, 1.54) is 29.9 Å². The molecular formula is C108H85N27O2. The SMILES string of the molecule is CC1=NCc2cc(-c3ccccc3)nn2C1=O.CC1=Nn2nc(-c3ccc(C(C)(C)C)cc3)nc2C1=Nc1ccc(C)cc1C.Cc1ccc(-c2nc3n(n2)C(=O)C(c2ccccc2)=C3C#N)cc1.[C-]#[N+]C1=C(C#N)c2nc(-c3ccccc3)nn2C1=Nc1ccc(N(CC)CC)cc1.[C-]#[N+]C1=C(C#N)c2nc(-c3ccccn3)nn2C1=Nc1ccc(N(c2ccccc2)c2ccccc2)cc1. The molecule has 29 nitrogen and oxygen atoms in total. The lowest BCUT2D eigenvalue weighted by Crippen LogP contribution is -2.26. The maximum absolute atomic E-state index is 12.7. The normalized spacial score (nSPS) is 13.8. The molecule has 0 bridgehead atoms. The summed E-state index contributed by atoms with van der Waals surface area (Å²) in [6.07, 6.45) is 1.65. The Labute approximate surface area is 790 Å². The molecule has 0 atom stereocenters. The lowest BCUT2D eigenvalue weighted by Gasteiger charge is -2.25. The number of hydrogen-bond acceptors (Lipinski definition) is 22. The van der Waals surface area contributed by atoms with Crippen LogP contribution in [0.3, 0.4) is 0 Å². The topological polar surface area (TPSA) is 336 Å². The molecule has 0 spiro atoms. The van der Waals surface area contributed by atoms with Crippen molar-refractivity contribution < 1.29 is 9.59 Å². The Balaban J connectivity index is 0.000000121. The highest BCUT2D eigenvalue weighted by Gasteiger charge is 2.37. The van der Waals surface area contributed by atoms with Crippen LogP contribution in [-0.2, 0) is 12.0 Å². The van der Waals surface area contributed by atoms with E-state index in [0.717, 1.165) is 97.7 Å². The van der Waals surface area contributed by atoms with Crippen LogP contribution in [0, 0.1) is 67.9 Å². The molecule has 5 aliphatic heterocycles. The lowest BCUT2D eigenvalue weighted by atomic mass is 9.87. The molecule has 0 aliphatic carbocycles. The molecule has 6 aromatic heterocycles. The minimum atomic E-state index is -0.321. The number of allylic oxidation sites excluding steroid dienone is 6. The van der Waals surface area contributed by atoms with Crippen LogP contribution in [-0.4, -0.2) is 128 Å². The first kappa shape index (κ1) is 90.0. The Kier molecular flexibility index (Phi) is 25.9. The first-order chi connectivity index (χ1) is 66.6. The minimum absolute atomic E-state index is 0.120. The summed E-state index contributed by atoms with van der Waals surface area (Å²) in [5.41, 5.74) is 21.2. The van der Waals surface area contributed by atoms with Gasteiger partial charge < -0.3 is 9.80 Å². The molecular weight excluding hydrogens is 1710 g/mol. The van der Waals surface area contributed by atoms with E-state index < -0.39 is 0 Å². The molecule has 21 rings (SSSR count). The van der Waals surface area contributed by atoms with Crippen LogP contribution in [0.4, 0.5) is 39.8 Å². The van der Waals surface area contributed by atoms with Crippen molar-refractivity contribution in [1.82, 2.24) is 73.9 Å². The van der Waals surface area contributed by atoms with Crippen molar-refractivity contribution in [2.45, 2.75) is 81.2 Å². The number of carbonyl (C=O) groups is 2. The van der Waals surface area contributed by atoms with E-state index in [1.807, 2.05) is 220 Å². The highest BCUT2D eigenvalue weighted by atomic mass is 16.2. The molecule has 11 heterocycles. The van der Waals surface area contributed by atoms with Crippen molar-refractivity contribution in [2.24, 2.45) is 25.1 Å². The van der Waals surface area contributed by atoms with E-state index in [9.17, 15) is 25.4 Å². The molecule has 0 unspecified atom stereocenters. The Bertz CT molecular complexity index is 7790. The maximum Gasteiger partial charge on any atom is 0.292 e. The third-order valence-corrected chi connectivity index (χ3v) is 22.7. The Morgan fingerprint density at radius 1 is 0.423 bits per heavy atom. The van der Waals surface area contributed by atoms with E-state index in [-0.39, 0.29) is 57.0 Å². The summed E-state index contributed by atoms with van der Waals surface area (Å²) in [5, 5.41) is 55.7. The second kappa shape index (κ2) is 39.4. The van der Waals surface area contributed by atoms with Gasteiger partial charge in [0.05, 0.1) is 77.3 Å². The summed E-state index contributed by atoms with van der Waals surface area (Å²) < 4.78 is 5.61. The number of para-hydroxylation sites is 2. The van der Waals surface area contributed by atoms with Gasteiger partial charge in [0.2, 0.25) is 11.6 Å². The lowest BCUT2D eigenvalue weighted by molar-refractivity contribution is 0.0961. The van der Waals surface area contributed by atoms with Crippen LogP contribution in [0.5, 0.6) is 0 Å². The molecule has 0 amide bonds. The number of nitriles is 3. The fourth-order valence-electron chi connectivity index (χ4n) is 15.6. The molecule has 664 valence electrons. The molecule has 0 N–H and O–H groups in total. The molecule has 29 heteroatoms. The summed E-state index contributed by atoms with van der Waals surface area (Å²) in [6, 6.07) is 100. The molecule has 10 aromatic carbocycles. The molecule has 5 aliphatic rings. The van der Waals surface area contributed by atoms with Gasteiger partial charge >= 0.3 is 0 Å². The zero-order valence-corrected chi connectivity index (χ0v) is 76.3. The molecule has 0 fully saturated rings. The average molecular weight is 1790 g/mol. The van der Waals surface area contributed by atoms with Gasteiger partial charge in [-0.25, -0.2) is 54.0 Å². The zero-order valence-electron chi connectivity index (χ0n) is 76.3. The first-order valence-electron chi connectivity index (χ1n) is 43.9. The quantitative estimate of drug-likeness (QED) is 0.0860. The summed E-state index contributed by atoms with van der Waals surface area (Å²) in [7, 11) is 0. The van der Waals surface area contributed by atoms with Crippen LogP contribution in [0.2, 0.25) is 0 Å². The standard InChI is InChI=1S/C30H18N8.C23H19N7.C23H25N5.C19H12N4O.C13H11N3O/c1-32-27-25(20-31)29-35-28(26-14-8-9-19-33-26)36-38(29)30(27)34-21-15-17-24(18-16-21)37(22-10-4-2-5-11-22)23-12-6-3-7-13-23;1-4-29(5-2)18-13-11-17(12-14-18)26-23-20(25-3)19(15-24)22-27-21(28-30(22)23)16-9-7-6-8-10-16;1-14-7-12-19(15(2)13-14)24-20-16(3)26-28-22(20)25-21(27-28)17-8-10-18(11-9-17)23(4,5)6;1-12-7-9-14(10-8-12)17-21-18-15(11-20)16(19(24)23(18)22-17)13-5-3-2-4-6-13;1-9-13(17)16-11(8-14-9)7-12(15-16)10-5-3-2-4-6-10/h2-19H;6-14H,4-5H2,1-2H3;7-13H,1-6H3;2-10H,1H3;2-7H,8H2,1H3. The number of rotatable bonds is 15. The van der Waals surface area contributed by atoms with E-state index >= 15 is 0 Å². The van der Waals surface area contributed by atoms with Gasteiger partial charge in [0.25, 0.3) is 23.2 Å². The van der Waals surface area contributed by atoms with Gasteiger partial charge in [-0.1, -0.05) is 226 Å². The van der Waals surface area contributed by atoms with E-state index in [0.29, 0.717) is 87.1 Å². The third kappa shape index (κ3) is 18.8. The number of aliphatic imine (C=N–C) groups is 4. The molecule has 137 heavy (non-hydrogen) atoms. The van der Waals surface area contributed by atoms with Crippen molar-refractivity contribution in [3.63, 3.8) is 0 Å². The summed E-state index contributed by atoms with van der Waals surface area (Å²) in [4.78, 5) is 78.5. The number of anilines is 4. The number of aromatic nitrogens is 15. The van der Waals surface area contributed by atoms with Gasteiger partial charge in [-0.2, -0.15) is 35.3 Å². The summed E-state index contributed by atoms with van der Waals surface area (Å²) in [6.45, 7) is 38.3. The van der Waals surface area contributed by atoms with Crippen LogP contribution in [0.15, 0.2) is 334 Å². The number of carbonyl (C=O) groups excluding carboxylic acids is 2. The Morgan fingerprint density at radius 3 is 1.40 bits per heavy atom. The number of benzene rings is 10. The molecule has 0 saturated heterocycles. The van der Waals surface area contributed by atoms with Crippen molar-refractivity contribution >= 4 is 103 Å².